The van der Waals surface area contributed by atoms with Crippen molar-refractivity contribution in [1.29, 1.82) is 0 Å². The standard InChI is InChI=1S/C14H18N2O3S2/c15-14(20)10-3-1-2-4-13(10)21(18,19)16-7-9-5-6-12(17)11(9)8-16/h1-4,9,11-12,17H,5-8H2,(H2,15,20). The number of hydrogen-bond acceptors (Lipinski definition) is 4. The number of sulfonamides is 1. The summed E-state index contributed by atoms with van der Waals surface area (Å²) in [6, 6.07) is 6.55. The predicted octanol–water partition coefficient (Wildman–Crippen LogP) is 0.712. The smallest absolute Gasteiger partial charge is 0.243 e. The number of nitrogens with two attached hydrogens (primary N) is 1. The molecule has 1 aromatic carbocycles. The molecule has 2 aliphatic rings. The topological polar surface area (TPSA) is 83.6 Å². The molecule has 2 fully saturated rings. The zero-order valence-corrected chi connectivity index (χ0v) is 13.1. The third kappa shape index (κ3) is 2.48. The second-order valence-electron chi connectivity index (χ2n) is 5.75. The lowest BCUT2D eigenvalue weighted by Crippen LogP contribution is -2.32. The van der Waals surface area contributed by atoms with Gasteiger partial charge in [-0.1, -0.05) is 30.4 Å². The lowest BCUT2D eigenvalue weighted by Gasteiger charge is -2.20. The van der Waals surface area contributed by atoms with Crippen LogP contribution in [-0.2, 0) is 10.0 Å². The van der Waals surface area contributed by atoms with Crippen molar-refractivity contribution in [3.8, 4) is 0 Å². The van der Waals surface area contributed by atoms with E-state index in [-0.39, 0.29) is 27.8 Å². The number of aliphatic hydroxyl groups excluding tert-OH is 1. The Morgan fingerprint density at radius 1 is 1.29 bits per heavy atom. The van der Waals surface area contributed by atoms with Gasteiger partial charge in [-0.25, -0.2) is 8.42 Å². The van der Waals surface area contributed by atoms with Crippen molar-refractivity contribution in [2.24, 2.45) is 17.6 Å². The molecule has 3 rings (SSSR count). The van der Waals surface area contributed by atoms with E-state index in [1.165, 1.54) is 10.4 Å². The first kappa shape index (κ1) is 14.9. The average molecular weight is 326 g/mol. The van der Waals surface area contributed by atoms with Crippen LogP contribution in [0.1, 0.15) is 18.4 Å². The summed E-state index contributed by atoms with van der Waals surface area (Å²) in [5.41, 5.74) is 6.01. The number of thiocarbonyl (C=S) groups is 1. The maximum Gasteiger partial charge on any atom is 0.243 e. The van der Waals surface area contributed by atoms with Crippen LogP contribution in [0.15, 0.2) is 29.2 Å². The molecule has 1 aromatic rings. The van der Waals surface area contributed by atoms with Crippen LogP contribution in [0, 0.1) is 11.8 Å². The normalized spacial score (nSPS) is 29.5. The molecule has 3 N–H and O–H groups in total. The van der Waals surface area contributed by atoms with Gasteiger partial charge in [-0.3, -0.25) is 0 Å². The van der Waals surface area contributed by atoms with Gasteiger partial charge in [0.2, 0.25) is 10.0 Å². The Balaban J connectivity index is 1.94. The Morgan fingerprint density at radius 2 is 2.00 bits per heavy atom. The molecular weight excluding hydrogens is 308 g/mol. The zero-order valence-electron chi connectivity index (χ0n) is 11.5. The number of nitrogens with zero attached hydrogens (tertiary/aromatic N) is 1. The number of fused-ring (bicyclic) bond motifs is 1. The molecule has 1 saturated carbocycles. The minimum Gasteiger partial charge on any atom is -0.393 e. The number of hydrogen-bond donors (Lipinski definition) is 2. The summed E-state index contributed by atoms with van der Waals surface area (Å²) in [4.78, 5) is 0.237. The van der Waals surface area contributed by atoms with Crippen molar-refractivity contribution in [2.45, 2.75) is 23.8 Å². The van der Waals surface area contributed by atoms with Crippen molar-refractivity contribution in [2.75, 3.05) is 13.1 Å². The predicted molar refractivity (Wildman–Crippen MR) is 83.3 cm³/mol. The van der Waals surface area contributed by atoms with Crippen molar-refractivity contribution >= 4 is 27.2 Å². The van der Waals surface area contributed by atoms with E-state index in [1.54, 1.807) is 18.2 Å². The highest BCUT2D eigenvalue weighted by Crippen LogP contribution is 2.40. The summed E-state index contributed by atoms with van der Waals surface area (Å²) in [5, 5.41) is 9.93. The molecule has 0 spiro atoms. The van der Waals surface area contributed by atoms with E-state index in [0.29, 0.717) is 18.7 Å². The first-order chi connectivity index (χ1) is 9.91. The third-order valence-electron chi connectivity index (χ3n) is 4.56. The Kier molecular flexibility index (Phi) is 3.77. The monoisotopic (exact) mass is 326 g/mol. The Hall–Kier alpha value is -1.02. The molecule has 1 saturated heterocycles. The maximum atomic E-state index is 12.8. The van der Waals surface area contributed by atoms with E-state index < -0.39 is 10.0 Å². The molecule has 21 heavy (non-hydrogen) atoms. The molecule has 1 aliphatic heterocycles. The lowest BCUT2D eigenvalue weighted by molar-refractivity contribution is 0.129. The minimum atomic E-state index is -3.63. The summed E-state index contributed by atoms with van der Waals surface area (Å²) in [7, 11) is -3.63. The van der Waals surface area contributed by atoms with Gasteiger partial charge in [-0.05, 0) is 24.8 Å². The number of rotatable bonds is 3. The van der Waals surface area contributed by atoms with E-state index in [9.17, 15) is 13.5 Å². The summed E-state index contributed by atoms with van der Waals surface area (Å²) in [6.07, 6.45) is 1.27. The van der Waals surface area contributed by atoms with Crippen LogP contribution in [0.25, 0.3) is 0 Å². The van der Waals surface area contributed by atoms with E-state index in [2.05, 4.69) is 0 Å². The van der Waals surface area contributed by atoms with Crippen LogP contribution in [0.2, 0.25) is 0 Å². The van der Waals surface area contributed by atoms with Crippen molar-refractivity contribution in [3.63, 3.8) is 0 Å². The van der Waals surface area contributed by atoms with E-state index in [4.69, 9.17) is 18.0 Å². The van der Waals surface area contributed by atoms with E-state index >= 15 is 0 Å². The highest BCUT2D eigenvalue weighted by molar-refractivity contribution is 7.89. The molecule has 0 bridgehead atoms. The Morgan fingerprint density at radius 3 is 2.67 bits per heavy atom. The van der Waals surface area contributed by atoms with Gasteiger partial charge >= 0.3 is 0 Å². The lowest BCUT2D eigenvalue weighted by atomic mass is 10.00. The second-order valence-corrected chi connectivity index (χ2v) is 8.10. The van der Waals surface area contributed by atoms with Crippen LogP contribution < -0.4 is 5.73 Å². The fourth-order valence-electron chi connectivity index (χ4n) is 3.43. The summed E-state index contributed by atoms with van der Waals surface area (Å²) in [5.74, 6) is 0.309. The van der Waals surface area contributed by atoms with E-state index in [1.807, 2.05) is 0 Å². The van der Waals surface area contributed by atoms with Gasteiger partial charge in [0.05, 0.1) is 11.0 Å². The molecule has 114 valence electrons. The van der Waals surface area contributed by atoms with Crippen molar-refractivity contribution < 1.29 is 13.5 Å². The minimum absolute atomic E-state index is 0.0526. The van der Waals surface area contributed by atoms with Crippen LogP contribution in [0.3, 0.4) is 0 Å². The molecule has 1 aliphatic carbocycles. The Bertz CT molecular complexity index is 675. The van der Waals surface area contributed by atoms with Gasteiger partial charge < -0.3 is 10.8 Å². The molecule has 0 radical (unpaired) electrons. The highest BCUT2D eigenvalue weighted by atomic mass is 32.2. The van der Waals surface area contributed by atoms with Gasteiger partial charge in [0.25, 0.3) is 0 Å². The van der Waals surface area contributed by atoms with Crippen LogP contribution >= 0.6 is 12.2 Å². The highest BCUT2D eigenvalue weighted by Gasteiger charge is 2.46. The summed E-state index contributed by atoms with van der Waals surface area (Å²) < 4.78 is 27.1. The van der Waals surface area contributed by atoms with Gasteiger partial charge in [0.1, 0.15) is 4.99 Å². The first-order valence-corrected chi connectivity index (χ1v) is 8.83. The second kappa shape index (κ2) is 5.31. The molecule has 3 atom stereocenters. The third-order valence-corrected chi connectivity index (χ3v) is 6.67. The number of benzene rings is 1. The Labute approximate surface area is 129 Å². The number of aliphatic hydroxyl groups is 1. The average Bonchev–Trinajstić information content (AvgIpc) is 3.02. The van der Waals surface area contributed by atoms with Gasteiger partial charge in [0.15, 0.2) is 0 Å². The molecule has 1 heterocycles. The molecule has 3 unspecified atom stereocenters. The van der Waals surface area contributed by atoms with Gasteiger partial charge in [0, 0.05) is 24.6 Å². The maximum absolute atomic E-state index is 12.8. The van der Waals surface area contributed by atoms with Gasteiger partial charge in [-0.2, -0.15) is 4.31 Å². The van der Waals surface area contributed by atoms with Crippen molar-refractivity contribution in [1.82, 2.24) is 4.31 Å². The van der Waals surface area contributed by atoms with Crippen LogP contribution in [0.4, 0.5) is 0 Å². The van der Waals surface area contributed by atoms with E-state index in [0.717, 1.165) is 12.8 Å². The fourth-order valence-corrected chi connectivity index (χ4v) is 5.41. The quantitative estimate of drug-likeness (QED) is 0.800. The van der Waals surface area contributed by atoms with Gasteiger partial charge in [-0.15, -0.1) is 0 Å². The zero-order chi connectivity index (χ0) is 15.2. The molecular formula is C14H18N2O3S2. The molecule has 7 heteroatoms. The van der Waals surface area contributed by atoms with Crippen LogP contribution in [-0.4, -0.2) is 42.0 Å². The largest absolute Gasteiger partial charge is 0.393 e. The fraction of sp³-hybridized carbons (Fsp3) is 0.500. The first-order valence-electron chi connectivity index (χ1n) is 6.98. The van der Waals surface area contributed by atoms with Crippen LogP contribution in [0.5, 0.6) is 0 Å². The molecule has 0 aromatic heterocycles. The summed E-state index contributed by atoms with van der Waals surface area (Å²) in [6.45, 7) is 0.843. The molecule has 0 amide bonds. The van der Waals surface area contributed by atoms with Crippen molar-refractivity contribution in [3.05, 3.63) is 29.8 Å². The summed E-state index contributed by atoms with van der Waals surface area (Å²) >= 11 is 4.95. The molecule has 5 nitrogen and oxygen atoms in total. The SMILES string of the molecule is NC(=S)c1ccccc1S(=O)(=O)N1CC2CCC(O)C2C1.